The lowest BCUT2D eigenvalue weighted by molar-refractivity contribution is -0.302. The van der Waals surface area contributed by atoms with Gasteiger partial charge in [0.1, 0.15) is 24.4 Å². The second-order valence-electron chi connectivity index (χ2n) is 15.5. The van der Waals surface area contributed by atoms with Crippen molar-refractivity contribution in [2.75, 3.05) is 13.2 Å². The van der Waals surface area contributed by atoms with Crippen molar-refractivity contribution >= 4 is 5.91 Å². The third-order valence-electron chi connectivity index (χ3n) is 10.4. The molecule has 316 valence electrons. The lowest BCUT2D eigenvalue weighted by Gasteiger charge is -2.40. The van der Waals surface area contributed by atoms with Crippen molar-refractivity contribution in [3.8, 4) is 0 Å². The molecular weight excluding hydrogens is 682 g/mol. The molecule has 6 N–H and O–H groups in total. The van der Waals surface area contributed by atoms with E-state index in [-0.39, 0.29) is 12.5 Å². The van der Waals surface area contributed by atoms with Gasteiger partial charge < -0.3 is 40.3 Å². The average molecular weight is 766 g/mol. The standard InChI is InChI=1S/C45H83NO8/c1-3-5-7-9-11-13-15-17-18-19-20-21-23-24-26-28-30-32-34-39(48)38(37-53-45-44(52)43(51)42(50)40(36-47)54-45)46-41(49)35-33-31-29-27-25-22-16-14-12-10-8-6-4-2/h22,24-26,32,34,38-40,42-45,47-48,50-52H,3-21,23,27-31,33,35-37H2,1-2H3,(H,46,49)/b25-22-,26-24+,34-32+. The minimum atomic E-state index is -1.57. The molecule has 0 saturated carbocycles. The Morgan fingerprint density at radius 1 is 0.611 bits per heavy atom. The van der Waals surface area contributed by atoms with Gasteiger partial charge in [0, 0.05) is 6.42 Å². The van der Waals surface area contributed by atoms with Crippen molar-refractivity contribution < 1.29 is 39.8 Å². The van der Waals surface area contributed by atoms with Crippen molar-refractivity contribution in [2.24, 2.45) is 0 Å². The van der Waals surface area contributed by atoms with Crippen molar-refractivity contribution in [3.63, 3.8) is 0 Å². The highest BCUT2D eigenvalue weighted by atomic mass is 16.7. The Balaban J connectivity index is 2.42. The molecule has 0 bridgehead atoms. The van der Waals surface area contributed by atoms with E-state index in [4.69, 9.17) is 9.47 Å². The minimum Gasteiger partial charge on any atom is -0.394 e. The molecule has 7 atom stereocenters. The van der Waals surface area contributed by atoms with Crippen LogP contribution in [0.25, 0.3) is 0 Å². The van der Waals surface area contributed by atoms with E-state index in [2.05, 4.69) is 43.5 Å². The van der Waals surface area contributed by atoms with Crippen molar-refractivity contribution in [2.45, 2.75) is 230 Å². The molecule has 9 nitrogen and oxygen atoms in total. The summed E-state index contributed by atoms with van der Waals surface area (Å²) >= 11 is 0. The number of hydrogen-bond acceptors (Lipinski definition) is 8. The molecule has 0 spiro atoms. The molecule has 0 aromatic carbocycles. The Kier molecular flexibility index (Phi) is 33.4. The largest absolute Gasteiger partial charge is 0.394 e. The molecule has 1 fully saturated rings. The summed E-state index contributed by atoms with van der Waals surface area (Å²) in [4.78, 5) is 12.9. The SMILES string of the molecule is CCCCCCCC/C=C\CCCCCC(=O)NC(COC1OC(CO)C(O)C(O)C1O)C(O)/C=C/CC/C=C/CCCCCCCCCCCCCC. The molecule has 1 rings (SSSR count). The summed E-state index contributed by atoms with van der Waals surface area (Å²) in [5.41, 5.74) is 0. The Bertz CT molecular complexity index is 941. The number of carbonyl (C=O) groups is 1. The fraction of sp³-hybridized carbons (Fsp3) is 0.844. The molecule has 1 aliphatic rings. The van der Waals surface area contributed by atoms with Crippen LogP contribution < -0.4 is 5.32 Å². The van der Waals surface area contributed by atoms with Crippen LogP contribution in [0.1, 0.15) is 187 Å². The highest BCUT2D eigenvalue weighted by molar-refractivity contribution is 5.76. The number of aliphatic hydroxyl groups excluding tert-OH is 5. The van der Waals surface area contributed by atoms with Gasteiger partial charge in [-0.1, -0.05) is 159 Å². The number of hydrogen-bond donors (Lipinski definition) is 6. The maximum atomic E-state index is 12.9. The molecule has 0 aliphatic carbocycles. The number of ether oxygens (including phenoxy) is 2. The van der Waals surface area contributed by atoms with Gasteiger partial charge in [-0.25, -0.2) is 0 Å². The fourth-order valence-corrected chi connectivity index (χ4v) is 6.81. The Labute approximate surface area is 330 Å². The van der Waals surface area contributed by atoms with Gasteiger partial charge in [0.25, 0.3) is 0 Å². The third-order valence-corrected chi connectivity index (χ3v) is 10.4. The average Bonchev–Trinajstić information content (AvgIpc) is 3.17. The highest BCUT2D eigenvalue weighted by Crippen LogP contribution is 2.22. The van der Waals surface area contributed by atoms with Crippen LogP contribution in [0.5, 0.6) is 0 Å². The summed E-state index contributed by atoms with van der Waals surface area (Å²) in [6.45, 7) is 3.73. The van der Waals surface area contributed by atoms with Crippen molar-refractivity contribution in [1.29, 1.82) is 0 Å². The fourth-order valence-electron chi connectivity index (χ4n) is 6.81. The van der Waals surface area contributed by atoms with Gasteiger partial charge in [-0.05, 0) is 57.8 Å². The predicted octanol–water partition coefficient (Wildman–Crippen LogP) is 8.89. The van der Waals surface area contributed by atoms with Crippen LogP contribution in [0.15, 0.2) is 36.5 Å². The Morgan fingerprint density at radius 2 is 1.06 bits per heavy atom. The summed E-state index contributed by atoms with van der Waals surface area (Å²) in [5, 5.41) is 54.1. The summed E-state index contributed by atoms with van der Waals surface area (Å²) in [7, 11) is 0. The van der Waals surface area contributed by atoms with Gasteiger partial charge in [-0.15, -0.1) is 0 Å². The first-order valence-electron chi connectivity index (χ1n) is 22.2. The molecule has 1 aliphatic heterocycles. The topological polar surface area (TPSA) is 149 Å². The van der Waals surface area contributed by atoms with E-state index in [1.807, 2.05) is 6.08 Å². The maximum absolute atomic E-state index is 12.9. The number of amides is 1. The minimum absolute atomic E-state index is 0.204. The van der Waals surface area contributed by atoms with Crippen molar-refractivity contribution in [3.05, 3.63) is 36.5 Å². The first kappa shape index (κ1) is 50.4. The van der Waals surface area contributed by atoms with Crippen LogP contribution in [0.4, 0.5) is 0 Å². The molecule has 1 saturated heterocycles. The molecule has 0 radical (unpaired) electrons. The van der Waals surface area contributed by atoms with E-state index < -0.39 is 49.5 Å². The number of allylic oxidation sites excluding steroid dienone is 5. The number of carbonyl (C=O) groups excluding carboxylic acids is 1. The first-order valence-corrected chi connectivity index (χ1v) is 22.2. The highest BCUT2D eigenvalue weighted by Gasteiger charge is 2.44. The molecule has 1 amide bonds. The smallest absolute Gasteiger partial charge is 0.220 e. The van der Waals surface area contributed by atoms with Gasteiger partial charge in [0.15, 0.2) is 6.29 Å². The van der Waals surface area contributed by atoms with E-state index in [1.165, 1.54) is 116 Å². The van der Waals surface area contributed by atoms with Gasteiger partial charge in [-0.3, -0.25) is 4.79 Å². The van der Waals surface area contributed by atoms with Crippen LogP contribution in [0, 0.1) is 0 Å². The van der Waals surface area contributed by atoms with Crippen LogP contribution in [0.3, 0.4) is 0 Å². The first-order chi connectivity index (χ1) is 26.3. The summed E-state index contributed by atoms with van der Waals surface area (Å²) in [6, 6.07) is -0.827. The second kappa shape index (κ2) is 35.8. The van der Waals surface area contributed by atoms with E-state index in [9.17, 15) is 30.3 Å². The predicted molar refractivity (Wildman–Crippen MR) is 221 cm³/mol. The summed E-state index contributed by atoms with van der Waals surface area (Å²) in [5.74, 6) is -0.204. The number of unbranched alkanes of at least 4 members (excludes halogenated alkanes) is 22. The van der Waals surface area contributed by atoms with Crippen molar-refractivity contribution in [1.82, 2.24) is 5.32 Å². The van der Waals surface area contributed by atoms with Gasteiger partial charge in [0.2, 0.25) is 5.91 Å². The number of aliphatic hydroxyl groups is 5. The molecule has 0 aromatic heterocycles. The zero-order valence-electron chi connectivity index (χ0n) is 34.5. The summed E-state index contributed by atoms with van der Waals surface area (Å²) in [6.07, 6.45) is 36.2. The number of rotatable bonds is 36. The lowest BCUT2D eigenvalue weighted by atomic mass is 9.99. The Morgan fingerprint density at radius 3 is 1.56 bits per heavy atom. The van der Waals surface area contributed by atoms with Crippen LogP contribution in [0.2, 0.25) is 0 Å². The quantitative estimate of drug-likeness (QED) is 0.0274. The number of nitrogens with one attached hydrogen (secondary N) is 1. The summed E-state index contributed by atoms with van der Waals surface area (Å²) < 4.78 is 11.2. The normalized spacial score (nSPS) is 21.8. The van der Waals surface area contributed by atoms with Crippen LogP contribution in [-0.4, -0.2) is 87.5 Å². The molecule has 0 aromatic rings. The van der Waals surface area contributed by atoms with E-state index in [1.54, 1.807) is 6.08 Å². The molecule has 9 heteroatoms. The zero-order chi connectivity index (χ0) is 39.5. The Hall–Kier alpha value is -1.59. The lowest BCUT2D eigenvalue weighted by Crippen LogP contribution is -2.60. The van der Waals surface area contributed by atoms with E-state index in [0.29, 0.717) is 6.42 Å². The second-order valence-corrected chi connectivity index (χ2v) is 15.5. The third kappa shape index (κ3) is 26.3. The molecule has 1 heterocycles. The van der Waals surface area contributed by atoms with E-state index >= 15 is 0 Å². The van der Waals surface area contributed by atoms with Crippen LogP contribution >= 0.6 is 0 Å². The monoisotopic (exact) mass is 766 g/mol. The maximum Gasteiger partial charge on any atom is 0.220 e. The van der Waals surface area contributed by atoms with Gasteiger partial charge in [0.05, 0.1) is 25.4 Å². The van der Waals surface area contributed by atoms with Gasteiger partial charge in [-0.2, -0.15) is 0 Å². The van der Waals surface area contributed by atoms with Gasteiger partial charge >= 0.3 is 0 Å². The molecule has 7 unspecified atom stereocenters. The zero-order valence-corrected chi connectivity index (χ0v) is 34.5. The van der Waals surface area contributed by atoms with E-state index in [0.717, 1.165) is 51.4 Å². The molecular formula is C45H83NO8. The van der Waals surface area contributed by atoms with Crippen LogP contribution in [-0.2, 0) is 14.3 Å². The molecule has 54 heavy (non-hydrogen) atoms.